The van der Waals surface area contributed by atoms with Crippen LogP contribution in [0.3, 0.4) is 0 Å². The fourth-order valence-corrected chi connectivity index (χ4v) is 5.22. The van der Waals surface area contributed by atoms with E-state index in [1.165, 1.54) is 22.7 Å². The van der Waals surface area contributed by atoms with Crippen molar-refractivity contribution in [2.45, 2.75) is 38.5 Å². The molecule has 1 N–H and O–H groups in total. The molecule has 1 amide bonds. The topological polar surface area (TPSA) is 84.3 Å². The van der Waals surface area contributed by atoms with E-state index in [0.29, 0.717) is 25.3 Å². The second-order valence-corrected chi connectivity index (χ2v) is 10.2. The number of nitrogens with zero attached hydrogens (tertiary/aromatic N) is 3. The van der Waals surface area contributed by atoms with Crippen molar-refractivity contribution in [3.63, 3.8) is 0 Å². The normalized spacial score (nSPS) is 18.2. The van der Waals surface area contributed by atoms with Gasteiger partial charge in [0.05, 0.1) is 11.9 Å². The smallest absolute Gasteiger partial charge is 0.272 e. The number of carbonyl (C=O) groups excluding carboxylic acids is 1. The number of rotatable bonds is 5. The van der Waals surface area contributed by atoms with Crippen molar-refractivity contribution in [3.05, 3.63) is 47.0 Å². The molecule has 162 valence electrons. The number of hydrogen-bond donors (Lipinski definition) is 1. The molecule has 1 fully saturated rings. The highest BCUT2D eigenvalue weighted by atomic mass is 32.2. The van der Waals surface area contributed by atoms with E-state index in [0.717, 1.165) is 55.5 Å². The van der Waals surface area contributed by atoms with Gasteiger partial charge in [0.15, 0.2) is 5.69 Å². The number of aromatic nitrogens is 2. The summed E-state index contributed by atoms with van der Waals surface area (Å²) >= 11 is 0. The minimum atomic E-state index is -3.15. The second kappa shape index (κ2) is 8.47. The minimum Gasteiger partial charge on any atom is -0.350 e. The van der Waals surface area contributed by atoms with Crippen LogP contribution in [0.15, 0.2) is 24.3 Å². The zero-order valence-corrected chi connectivity index (χ0v) is 17.9. The number of amides is 1. The summed E-state index contributed by atoms with van der Waals surface area (Å²) in [6, 6.07) is 6.15. The van der Waals surface area contributed by atoms with E-state index in [-0.39, 0.29) is 17.6 Å². The summed E-state index contributed by atoms with van der Waals surface area (Å²) < 4.78 is 39.9. The molecule has 1 aliphatic heterocycles. The van der Waals surface area contributed by atoms with Gasteiger partial charge in [-0.1, -0.05) is 0 Å². The van der Waals surface area contributed by atoms with Gasteiger partial charge < -0.3 is 5.32 Å². The van der Waals surface area contributed by atoms with Crippen LogP contribution in [0.1, 0.15) is 47.4 Å². The van der Waals surface area contributed by atoms with Gasteiger partial charge in [-0.25, -0.2) is 21.8 Å². The Bertz CT molecular complexity index is 1030. The maximum atomic E-state index is 13.3. The van der Waals surface area contributed by atoms with E-state index in [1.54, 1.807) is 16.8 Å². The van der Waals surface area contributed by atoms with Gasteiger partial charge in [-0.2, -0.15) is 5.10 Å². The van der Waals surface area contributed by atoms with Gasteiger partial charge in [-0.15, -0.1) is 0 Å². The summed E-state index contributed by atoms with van der Waals surface area (Å²) in [4.78, 5) is 12.9. The molecule has 0 atom stereocenters. The molecule has 4 rings (SSSR count). The summed E-state index contributed by atoms with van der Waals surface area (Å²) in [5.74, 6) is -0.249. The maximum absolute atomic E-state index is 13.3. The molecule has 9 heteroatoms. The highest BCUT2D eigenvalue weighted by Gasteiger charge is 2.28. The van der Waals surface area contributed by atoms with Crippen LogP contribution in [0.25, 0.3) is 5.69 Å². The molecule has 0 radical (unpaired) electrons. The number of piperidine rings is 1. The van der Waals surface area contributed by atoms with Crippen LogP contribution in [0, 0.1) is 11.7 Å². The first kappa shape index (κ1) is 21.0. The highest BCUT2D eigenvalue weighted by Crippen LogP contribution is 2.27. The number of fused-ring (bicyclic) bond motifs is 1. The quantitative estimate of drug-likeness (QED) is 0.783. The third-order valence-corrected chi connectivity index (χ3v) is 7.36. The van der Waals surface area contributed by atoms with Crippen molar-refractivity contribution < 1.29 is 17.6 Å². The fourth-order valence-electron chi connectivity index (χ4n) is 4.34. The summed E-state index contributed by atoms with van der Waals surface area (Å²) in [7, 11) is -3.15. The number of nitrogens with one attached hydrogen (secondary N) is 1. The molecule has 0 bridgehead atoms. The summed E-state index contributed by atoms with van der Waals surface area (Å²) in [5, 5.41) is 7.60. The van der Waals surface area contributed by atoms with E-state index in [9.17, 15) is 17.6 Å². The van der Waals surface area contributed by atoms with Gasteiger partial charge >= 0.3 is 0 Å². The number of hydrogen-bond acceptors (Lipinski definition) is 4. The molecule has 1 aromatic heterocycles. The summed E-state index contributed by atoms with van der Waals surface area (Å²) in [6.45, 7) is 1.50. The van der Waals surface area contributed by atoms with E-state index in [4.69, 9.17) is 0 Å². The van der Waals surface area contributed by atoms with Crippen LogP contribution in [0.4, 0.5) is 4.39 Å². The summed E-state index contributed by atoms with van der Waals surface area (Å²) in [6.07, 6.45) is 6.41. The molecule has 0 spiro atoms. The first-order valence-corrected chi connectivity index (χ1v) is 12.3. The molecule has 7 nitrogen and oxygen atoms in total. The van der Waals surface area contributed by atoms with E-state index < -0.39 is 10.0 Å². The van der Waals surface area contributed by atoms with Crippen molar-refractivity contribution in [3.8, 4) is 5.69 Å². The van der Waals surface area contributed by atoms with Gasteiger partial charge in [0, 0.05) is 30.9 Å². The van der Waals surface area contributed by atoms with Gasteiger partial charge in [0.2, 0.25) is 10.0 Å². The van der Waals surface area contributed by atoms with Gasteiger partial charge in [0.1, 0.15) is 5.82 Å². The molecule has 30 heavy (non-hydrogen) atoms. The van der Waals surface area contributed by atoms with Crippen molar-refractivity contribution >= 4 is 15.9 Å². The minimum absolute atomic E-state index is 0.195. The average Bonchev–Trinajstić information content (AvgIpc) is 3.12. The van der Waals surface area contributed by atoms with Gasteiger partial charge in [-0.05, 0) is 68.7 Å². The first-order chi connectivity index (χ1) is 14.3. The Kier molecular flexibility index (Phi) is 5.92. The van der Waals surface area contributed by atoms with Crippen molar-refractivity contribution in [2.75, 3.05) is 25.9 Å². The largest absolute Gasteiger partial charge is 0.350 e. The third-order valence-electron chi connectivity index (χ3n) is 6.06. The van der Waals surface area contributed by atoms with Gasteiger partial charge in [0.25, 0.3) is 5.91 Å². The Labute approximate surface area is 176 Å². The molecule has 0 unspecified atom stereocenters. The number of sulfonamides is 1. The average molecular weight is 435 g/mol. The monoisotopic (exact) mass is 434 g/mol. The zero-order valence-electron chi connectivity index (χ0n) is 17.1. The Balaban J connectivity index is 1.46. The zero-order chi connectivity index (χ0) is 21.3. The second-order valence-electron chi connectivity index (χ2n) is 8.18. The Morgan fingerprint density at radius 2 is 1.83 bits per heavy atom. The molecule has 2 aliphatic rings. The summed E-state index contributed by atoms with van der Waals surface area (Å²) in [5.41, 5.74) is 3.21. The lowest BCUT2D eigenvalue weighted by molar-refractivity contribution is 0.0935. The molecular formula is C21H27FN4O3S. The first-order valence-electron chi connectivity index (χ1n) is 10.4. The molecule has 1 saturated heterocycles. The molecule has 1 aromatic carbocycles. The van der Waals surface area contributed by atoms with E-state index in [1.807, 2.05) is 0 Å². The highest BCUT2D eigenvalue weighted by molar-refractivity contribution is 7.88. The lowest BCUT2D eigenvalue weighted by atomic mass is 9.95. The molecule has 0 saturated carbocycles. The molecular weight excluding hydrogens is 407 g/mol. The lowest BCUT2D eigenvalue weighted by Crippen LogP contribution is -2.41. The fraction of sp³-hybridized carbons (Fsp3) is 0.524. The van der Waals surface area contributed by atoms with Crippen molar-refractivity contribution in [1.29, 1.82) is 0 Å². The van der Waals surface area contributed by atoms with Crippen LogP contribution in [0.2, 0.25) is 0 Å². The van der Waals surface area contributed by atoms with Crippen LogP contribution < -0.4 is 5.32 Å². The van der Waals surface area contributed by atoms with Crippen LogP contribution in [-0.2, 0) is 22.9 Å². The predicted octanol–water partition coefficient (Wildman–Crippen LogP) is 2.29. The van der Waals surface area contributed by atoms with Crippen molar-refractivity contribution in [2.24, 2.45) is 5.92 Å². The number of halogens is 1. The van der Waals surface area contributed by atoms with Crippen LogP contribution in [-0.4, -0.2) is 54.3 Å². The van der Waals surface area contributed by atoms with Gasteiger partial charge in [-0.3, -0.25) is 4.79 Å². The standard InChI is InChI=1S/C21H27FN4O3S/c1-30(28,29)25-12-10-15(11-13-25)14-23-21(27)20-18-4-2-3-5-19(18)26(24-20)17-8-6-16(22)7-9-17/h6-9,15H,2-5,10-14H2,1H3,(H,23,27). The van der Waals surface area contributed by atoms with Crippen LogP contribution in [0.5, 0.6) is 0 Å². The van der Waals surface area contributed by atoms with E-state index in [2.05, 4.69) is 10.4 Å². The van der Waals surface area contributed by atoms with Crippen LogP contribution >= 0.6 is 0 Å². The Morgan fingerprint density at radius 1 is 1.17 bits per heavy atom. The lowest BCUT2D eigenvalue weighted by Gasteiger charge is -2.30. The SMILES string of the molecule is CS(=O)(=O)N1CCC(CNC(=O)c2nn(-c3ccc(F)cc3)c3c2CCCC3)CC1. The third kappa shape index (κ3) is 4.41. The Morgan fingerprint density at radius 3 is 2.50 bits per heavy atom. The number of carbonyl (C=O) groups is 1. The van der Waals surface area contributed by atoms with Crippen molar-refractivity contribution in [1.82, 2.24) is 19.4 Å². The number of benzene rings is 1. The molecule has 2 aromatic rings. The molecule has 1 aliphatic carbocycles. The van der Waals surface area contributed by atoms with E-state index >= 15 is 0 Å². The maximum Gasteiger partial charge on any atom is 0.272 e. The molecule has 2 heterocycles. The Hall–Kier alpha value is -2.26. The predicted molar refractivity (Wildman–Crippen MR) is 112 cm³/mol.